The van der Waals surface area contributed by atoms with E-state index in [4.69, 9.17) is 0 Å². The van der Waals surface area contributed by atoms with Crippen LogP contribution in [0.4, 0.5) is 4.39 Å². The van der Waals surface area contributed by atoms with Crippen molar-refractivity contribution in [3.05, 3.63) is 106 Å². The molecular weight excluding hydrogens is 473 g/mol. The van der Waals surface area contributed by atoms with Crippen LogP contribution < -0.4 is 11.0 Å². The van der Waals surface area contributed by atoms with Crippen LogP contribution in [-0.4, -0.2) is 50.1 Å². The number of alkyl halides is 1. The molecule has 2 amide bonds. The van der Waals surface area contributed by atoms with Gasteiger partial charge in [-0.3, -0.25) is 9.59 Å². The summed E-state index contributed by atoms with van der Waals surface area (Å²) < 4.78 is 15.8. The Morgan fingerprint density at radius 3 is 2.38 bits per heavy atom. The normalized spacial score (nSPS) is 18.3. The highest BCUT2D eigenvalue weighted by molar-refractivity contribution is 6.02. The molecule has 1 fully saturated rings. The van der Waals surface area contributed by atoms with Crippen LogP contribution in [0.1, 0.15) is 59.3 Å². The summed E-state index contributed by atoms with van der Waals surface area (Å²) in [5.41, 5.74) is 2.71. The Morgan fingerprint density at radius 1 is 1.00 bits per heavy atom. The van der Waals surface area contributed by atoms with Gasteiger partial charge in [-0.1, -0.05) is 68.4 Å². The summed E-state index contributed by atoms with van der Waals surface area (Å²) in [5, 5.41) is 9.30. The van der Waals surface area contributed by atoms with E-state index < -0.39 is 35.8 Å². The number of halogens is 1. The highest BCUT2D eigenvalue weighted by Crippen LogP contribution is 2.28. The molecule has 2 aromatic heterocycles. The van der Waals surface area contributed by atoms with E-state index in [1.54, 1.807) is 6.07 Å². The van der Waals surface area contributed by atoms with E-state index in [1.807, 2.05) is 54.6 Å². The molecule has 1 aliphatic heterocycles. The van der Waals surface area contributed by atoms with Crippen molar-refractivity contribution < 1.29 is 14.0 Å². The molecule has 190 valence electrons. The third-order valence-electron chi connectivity index (χ3n) is 6.84. The number of aromatic amines is 1. The number of pyridine rings is 1. The molecular formula is C28H28FN5O3. The molecule has 0 radical (unpaired) electrons. The first kappa shape index (κ1) is 24.4. The molecule has 9 heteroatoms. The molecule has 3 atom stereocenters. The number of nitrogens with zero attached hydrogens (tertiary/aromatic N) is 3. The monoisotopic (exact) mass is 501 g/mol. The average molecular weight is 502 g/mol. The molecule has 3 unspecified atom stereocenters. The van der Waals surface area contributed by atoms with Gasteiger partial charge >= 0.3 is 5.69 Å². The average Bonchev–Trinajstić information content (AvgIpc) is 3.50. The van der Waals surface area contributed by atoms with Gasteiger partial charge < -0.3 is 10.2 Å². The van der Waals surface area contributed by atoms with Crippen molar-refractivity contribution in [1.82, 2.24) is 24.8 Å². The third kappa shape index (κ3) is 4.76. The van der Waals surface area contributed by atoms with Gasteiger partial charge in [0, 0.05) is 12.6 Å². The van der Waals surface area contributed by atoms with Crippen LogP contribution in [0.15, 0.2) is 77.7 Å². The number of nitrogens with one attached hydrogen (secondary N) is 2. The zero-order chi connectivity index (χ0) is 26.1. The van der Waals surface area contributed by atoms with E-state index in [-0.39, 0.29) is 24.2 Å². The molecule has 1 aliphatic rings. The van der Waals surface area contributed by atoms with Crippen LogP contribution in [-0.2, 0) is 4.79 Å². The van der Waals surface area contributed by atoms with Gasteiger partial charge in [-0.05, 0) is 34.7 Å². The minimum Gasteiger partial charge on any atom is -0.343 e. The number of benzene rings is 2. The van der Waals surface area contributed by atoms with Crippen LogP contribution in [0.3, 0.4) is 0 Å². The molecule has 8 nitrogen and oxygen atoms in total. The predicted molar refractivity (Wildman–Crippen MR) is 137 cm³/mol. The van der Waals surface area contributed by atoms with Gasteiger partial charge in [-0.2, -0.15) is 5.10 Å². The molecule has 0 saturated carbocycles. The largest absolute Gasteiger partial charge is 0.347 e. The van der Waals surface area contributed by atoms with Crippen LogP contribution in [0.5, 0.6) is 0 Å². The van der Waals surface area contributed by atoms with Gasteiger partial charge in [-0.15, -0.1) is 0 Å². The van der Waals surface area contributed by atoms with Gasteiger partial charge in [0.2, 0.25) is 5.91 Å². The zero-order valence-electron chi connectivity index (χ0n) is 20.6. The number of amides is 2. The van der Waals surface area contributed by atoms with Gasteiger partial charge in [-0.25, -0.2) is 18.7 Å². The van der Waals surface area contributed by atoms with Crippen molar-refractivity contribution in [2.45, 2.75) is 44.4 Å². The minimum absolute atomic E-state index is 0.109. The fraction of sp³-hybridized carbons (Fsp3) is 0.286. The zero-order valence-corrected chi connectivity index (χ0v) is 20.6. The first-order valence-electron chi connectivity index (χ1n) is 12.3. The van der Waals surface area contributed by atoms with Crippen LogP contribution in [0.2, 0.25) is 0 Å². The summed E-state index contributed by atoms with van der Waals surface area (Å²) in [6.45, 7) is 4.01. The maximum absolute atomic E-state index is 14.6. The molecule has 1 saturated heterocycles. The molecule has 0 bridgehead atoms. The van der Waals surface area contributed by atoms with Crippen molar-refractivity contribution in [3.63, 3.8) is 0 Å². The summed E-state index contributed by atoms with van der Waals surface area (Å²) in [4.78, 5) is 40.2. The number of carbonyl (C=O) groups is 2. The highest BCUT2D eigenvalue weighted by Gasteiger charge is 2.41. The summed E-state index contributed by atoms with van der Waals surface area (Å²) >= 11 is 0. The Balaban J connectivity index is 1.44. The van der Waals surface area contributed by atoms with Gasteiger partial charge in [0.1, 0.15) is 12.2 Å². The van der Waals surface area contributed by atoms with Crippen molar-refractivity contribution in [2.75, 3.05) is 6.54 Å². The van der Waals surface area contributed by atoms with Crippen LogP contribution in [0, 0.1) is 0 Å². The number of fused-ring (bicyclic) bond motifs is 1. The first-order valence-corrected chi connectivity index (χ1v) is 12.3. The summed E-state index contributed by atoms with van der Waals surface area (Å²) in [5.74, 6) is -0.628. The lowest BCUT2D eigenvalue weighted by atomic mass is 9.95. The topological polar surface area (TPSA) is 99.6 Å². The lowest BCUT2D eigenvalue weighted by Gasteiger charge is -2.27. The molecule has 0 aliphatic carbocycles. The van der Waals surface area contributed by atoms with E-state index in [0.29, 0.717) is 5.92 Å². The van der Waals surface area contributed by atoms with E-state index in [1.165, 1.54) is 27.1 Å². The smallest absolute Gasteiger partial charge is 0.343 e. The van der Waals surface area contributed by atoms with E-state index in [2.05, 4.69) is 29.4 Å². The Labute approximate surface area is 213 Å². The molecule has 5 rings (SSSR count). The SMILES string of the molecule is CC(C)c1ccc(C(NC(=O)C2CC(F)CN2C(=O)c2cccn3c(=O)[nH]nc23)c2ccccc2)cc1. The van der Waals surface area contributed by atoms with Crippen molar-refractivity contribution >= 4 is 17.5 Å². The third-order valence-corrected chi connectivity index (χ3v) is 6.84. The quantitative estimate of drug-likeness (QED) is 0.422. The standard InChI is InChI=1S/C28H28FN5O3/c1-17(2)18-10-12-20(13-11-18)24(19-7-4-3-5-8-19)30-26(35)23-15-21(29)16-34(23)27(36)22-9-6-14-33-25(22)31-32-28(33)37/h3-14,17,21,23-24H,15-16H2,1-2H3,(H,30,35)(H,32,37). The Bertz CT molecular complexity index is 1480. The second kappa shape index (κ2) is 10.0. The Hall–Kier alpha value is -4.27. The van der Waals surface area contributed by atoms with Crippen molar-refractivity contribution in [1.29, 1.82) is 0 Å². The van der Waals surface area contributed by atoms with Gasteiger partial charge in [0.15, 0.2) is 5.65 Å². The van der Waals surface area contributed by atoms with Gasteiger partial charge in [0.25, 0.3) is 5.91 Å². The molecule has 2 N–H and O–H groups in total. The lowest BCUT2D eigenvalue weighted by molar-refractivity contribution is -0.125. The lowest BCUT2D eigenvalue weighted by Crippen LogP contribution is -2.47. The molecule has 3 heterocycles. The summed E-state index contributed by atoms with van der Waals surface area (Å²) in [7, 11) is 0. The minimum atomic E-state index is -1.35. The van der Waals surface area contributed by atoms with E-state index in [9.17, 15) is 18.8 Å². The number of H-pyrrole nitrogens is 1. The highest BCUT2D eigenvalue weighted by atomic mass is 19.1. The molecule has 4 aromatic rings. The Kier molecular flexibility index (Phi) is 6.60. The maximum atomic E-state index is 14.6. The predicted octanol–water partition coefficient (Wildman–Crippen LogP) is 3.60. The first-order chi connectivity index (χ1) is 17.8. The number of hydrogen-bond donors (Lipinski definition) is 2. The number of carbonyl (C=O) groups excluding carboxylic acids is 2. The van der Waals surface area contributed by atoms with Crippen molar-refractivity contribution in [3.8, 4) is 0 Å². The Morgan fingerprint density at radius 2 is 1.68 bits per heavy atom. The number of likely N-dealkylation sites (tertiary alicyclic amines) is 1. The molecule has 2 aromatic carbocycles. The summed E-state index contributed by atoms with van der Waals surface area (Å²) in [6, 6.07) is 19.2. The maximum Gasteiger partial charge on any atom is 0.347 e. The number of aromatic nitrogens is 3. The second-order valence-electron chi connectivity index (χ2n) is 9.62. The number of rotatable bonds is 6. The van der Waals surface area contributed by atoms with E-state index >= 15 is 0 Å². The van der Waals surface area contributed by atoms with Crippen LogP contribution in [0.25, 0.3) is 5.65 Å². The fourth-order valence-electron chi connectivity index (χ4n) is 4.83. The summed E-state index contributed by atoms with van der Waals surface area (Å²) in [6.07, 6.45) is 0.0299. The van der Waals surface area contributed by atoms with Gasteiger partial charge in [0.05, 0.1) is 18.2 Å². The second-order valence-corrected chi connectivity index (χ2v) is 9.62. The fourth-order valence-corrected chi connectivity index (χ4v) is 4.83. The molecule has 0 spiro atoms. The van der Waals surface area contributed by atoms with Crippen LogP contribution >= 0.6 is 0 Å². The van der Waals surface area contributed by atoms with Crippen molar-refractivity contribution in [2.24, 2.45) is 0 Å². The molecule has 37 heavy (non-hydrogen) atoms. The van der Waals surface area contributed by atoms with E-state index in [0.717, 1.165) is 11.1 Å². The number of hydrogen-bond acceptors (Lipinski definition) is 4.